The fourth-order valence-electron chi connectivity index (χ4n) is 3.29. The van der Waals surface area contributed by atoms with Crippen molar-refractivity contribution in [3.8, 4) is 6.07 Å². The van der Waals surface area contributed by atoms with Crippen molar-refractivity contribution in [2.24, 2.45) is 0 Å². The summed E-state index contributed by atoms with van der Waals surface area (Å²) in [5, 5.41) is 22.9. The Hall–Kier alpha value is -1.45. The van der Waals surface area contributed by atoms with Crippen LogP contribution >= 0.6 is 0 Å². The van der Waals surface area contributed by atoms with Crippen molar-refractivity contribution in [1.82, 2.24) is 4.98 Å². The molecule has 23 heavy (non-hydrogen) atoms. The molecule has 124 valence electrons. The first kappa shape index (κ1) is 16.4. The number of rotatable bonds is 3. The maximum Gasteiger partial charge on any atom is 0.103 e. The summed E-state index contributed by atoms with van der Waals surface area (Å²) < 4.78 is 12.5. The number of hydrogen-bond acceptors (Lipinski definition) is 5. The molecule has 1 unspecified atom stereocenters. The largest absolute Gasteiger partial charge is 0.394 e. The van der Waals surface area contributed by atoms with E-state index >= 15 is 0 Å². The Kier molecular flexibility index (Phi) is 3.97. The van der Waals surface area contributed by atoms with Gasteiger partial charge in [-0.3, -0.25) is 9.19 Å². The minimum Gasteiger partial charge on any atom is -0.394 e. The van der Waals surface area contributed by atoms with Crippen LogP contribution in [-0.4, -0.2) is 32.2 Å². The van der Waals surface area contributed by atoms with Gasteiger partial charge in [-0.25, -0.2) is 0 Å². The molecule has 3 rings (SSSR count). The second-order valence-electron chi connectivity index (χ2n) is 7.56. The number of nitrogens with one attached hydrogen (secondary N) is 1. The predicted molar refractivity (Wildman–Crippen MR) is 89.9 cm³/mol. The summed E-state index contributed by atoms with van der Waals surface area (Å²) in [5.74, 6) is 0.557. The van der Waals surface area contributed by atoms with Gasteiger partial charge in [0.2, 0.25) is 0 Å². The Bertz CT molecular complexity index is 707. The molecule has 5 nitrogen and oxygen atoms in total. The number of hydrogen-bond donors (Lipinski definition) is 2. The zero-order chi connectivity index (χ0) is 16.8. The van der Waals surface area contributed by atoms with Crippen LogP contribution in [0.3, 0.4) is 0 Å². The van der Waals surface area contributed by atoms with E-state index < -0.39 is 10.8 Å². The first-order valence-electron chi connectivity index (χ1n) is 8.06. The van der Waals surface area contributed by atoms with Crippen molar-refractivity contribution in [2.45, 2.75) is 62.3 Å². The van der Waals surface area contributed by atoms with Crippen LogP contribution in [0.4, 0.5) is 5.69 Å². The summed E-state index contributed by atoms with van der Waals surface area (Å²) in [6.45, 7) is 6.11. The summed E-state index contributed by atoms with van der Waals surface area (Å²) >= 11 is 0. The van der Waals surface area contributed by atoms with Gasteiger partial charge in [0.05, 0.1) is 50.5 Å². The van der Waals surface area contributed by atoms with Crippen LogP contribution in [0.1, 0.15) is 57.0 Å². The summed E-state index contributed by atoms with van der Waals surface area (Å²) in [5.41, 5.74) is 2.04. The molecule has 1 aliphatic heterocycles. The Morgan fingerprint density at radius 2 is 2.13 bits per heavy atom. The molecule has 2 heterocycles. The Morgan fingerprint density at radius 3 is 2.61 bits per heavy atom. The second-order valence-corrected chi connectivity index (χ2v) is 9.07. The third-order valence-electron chi connectivity index (χ3n) is 4.80. The van der Waals surface area contributed by atoms with Crippen LogP contribution in [0.5, 0.6) is 0 Å². The number of nitrogens with zero attached hydrogens (tertiary/aromatic N) is 2. The van der Waals surface area contributed by atoms with Gasteiger partial charge in [0.15, 0.2) is 0 Å². The first-order valence-corrected chi connectivity index (χ1v) is 9.38. The predicted octanol–water partition coefficient (Wildman–Crippen LogP) is 2.24. The fourth-order valence-corrected chi connectivity index (χ4v) is 4.66. The molecule has 0 spiro atoms. The number of aliphatic hydroxyl groups is 1. The molecule has 2 N–H and O–H groups in total. The fraction of sp³-hybridized carbons (Fsp3) is 0.647. The van der Waals surface area contributed by atoms with Crippen LogP contribution in [0, 0.1) is 11.3 Å². The monoisotopic (exact) mass is 333 g/mol. The lowest BCUT2D eigenvalue weighted by atomic mass is 9.77. The molecular weight excluding hydrogens is 310 g/mol. The van der Waals surface area contributed by atoms with Gasteiger partial charge in [-0.05, 0) is 19.3 Å². The molecule has 0 saturated heterocycles. The maximum absolute atomic E-state index is 12.5. The smallest absolute Gasteiger partial charge is 0.103 e. The maximum atomic E-state index is 12.5. The number of pyridine rings is 1. The van der Waals surface area contributed by atoms with Gasteiger partial charge >= 0.3 is 0 Å². The average molecular weight is 333 g/mol. The van der Waals surface area contributed by atoms with Gasteiger partial charge in [0.1, 0.15) is 6.07 Å². The standard InChI is InChI=1S/C17H23N3O2S/c1-16(2,3)15-11(9-18)13(20-17(10-21)6-4-7-17)14-12(19-15)5-8-23(14)22/h21H,4-8,10H2,1-3H3,(H,19,20). The molecule has 2 aliphatic rings. The third-order valence-corrected chi connectivity index (χ3v) is 6.27. The van der Waals surface area contributed by atoms with Crippen molar-refractivity contribution in [1.29, 1.82) is 5.26 Å². The van der Waals surface area contributed by atoms with E-state index in [4.69, 9.17) is 0 Å². The normalized spacial score (nSPS) is 22.1. The molecule has 1 aromatic heterocycles. The molecular formula is C17H23N3O2S. The lowest BCUT2D eigenvalue weighted by Crippen LogP contribution is -2.48. The molecule has 0 radical (unpaired) electrons. The van der Waals surface area contributed by atoms with Gasteiger partial charge in [-0.2, -0.15) is 5.26 Å². The van der Waals surface area contributed by atoms with E-state index in [0.717, 1.165) is 30.7 Å². The SMILES string of the molecule is CC(C)(C)c1nc2c(c(NC3(CO)CCC3)c1C#N)S(=O)CC2. The van der Waals surface area contributed by atoms with Gasteiger partial charge in [0.25, 0.3) is 0 Å². The molecule has 6 heteroatoms. The van der Waals surface area contributed by atoms with Crippen molar-refractivity contribution in [3.05, 3.63) is 17.0 Å². The van der Waals surface area contributed by atoms with Crippen molar-refractivity contribution in [2.75, 3.05) is 17.7 Å². The van der Waals surface area contributed by atoms with Crippen LogP contribution in [-0.2, 0) is 22.6 Å². The third kappa shape index (κ3) is 2.66. The van der Waals surface area contributed by atoms with Gasteiger partial charge in [0, 0.05) is 17.6 Å². The zero-order valence-corrected chi connectivity index (χ0v) is 14.7. The van der Waals surface area contributed by atoms with Gasteiger partial charge in [-0.15, -0.1) is 0 Å². The van der Waals surface area contributed by atoms with E-state index in [0.29, 0.717) is 28.3 Å². The minimum absolute atomic E-state index is 0.0203. The molecule has 1 atom stereocenters. The van der Waals surface area contributed by atoms with Crippen LogP contribution in [0.2, 0.25) is 0 Å². The van der Waals surface area contributed by atoms with E-state index in [2.05, 4.69) is 16.4 Å². The average Bonchev–Trinajstić information content (AvgIpc) is 2.82. The molecule has 0 amide bonds. The molecule has 0 bridgehead atoms. The summed E-state index contributed by atoms with van der Waals surface area (Å²) in [6.07, 6.45) is 3.46. The van der Waals surface area contributed by atoms with Crippen molar-refractivity contribution in [3.63, 3.8) is 0 Å². The Balaban J connectivity index is 2.21. The number of aliphatic hydroxyl groups excluding tert-OH is 1. The lowest BCUT2D eigenvalue weighted by Gasteiger charge is -2.42. The van der Waals surface area contributed by atoms with Crippen molar-refractivity contribution >= 4 is 16.5 Å². The molecule has 0 aromatic carbocycles. The Labute approximate surface area is 139 Å². The van der Waals surface area contributed by atoms with Gasteiger partial charge in [-0.1, -0.05) is 20.8 Å². The highest BCUT2D eigenvalue weighted by Gasteiger charge is 2.40. The first-order chi connectivity index (χ1) is 10.8. The lowest BCUT2D eigenvalue weighted by molar-refractivity contribution is 0.144. The highest BCUT2D eigenvalue weighted by atomic mass is 32.2. The summed E-state index contributed by atoms with van der Waals surface area (Å²) in [4.78, 5) is 5.36. The van der Waals surface area contributed by atoms with E-state index in [1.807, 2.05) is 20.8 Å². The second kappa shape index (κ2) is 5.57. The molecule has 1 aliphatic carbocycles. The quantitative estimate of drug-likeness (QED) is 0.886. The zero-order valence-electron chi connectivity index (χ0n) is 13.9. The number of fused-ring (bicyclic) bond motifs is 1. The number of anilines is 1. The molecule has 1 fully saturated rings. The topological polar surface area (TPSA) is 86.0 Å². The highest BCUT2D eigenvalue weighted by Crippen LogP contribution is 2.42. The number of nitriles is 1. The molecule has 1 aromatic rings. The van der Waals surface area contributed by atoms with E-state index in [-0.39, 0.29) is 17.6 Å². The highest BCUT2D eigenvalue weighted by molar-refractivity contribution is 7.85. The van der Waals surface area contributed by atoms with Gasteiger partial charge < -0.3 is 10.4 Å². The minimum atomic E-state index is -1.13. The van der Waals surface area contributed by atoms with E-state index in [1.165, 1.54) is 0 Å². The van der Waals surface area contributed by atoms with Crippen LogP contribution in [0.15, 0.2) is 4.90 Å². The number of aryl methyl sites for hydroxylation is 1. The Morgan fingerprint density at radius 1 is 1.43 bits per heavy atom. The molecule has 1 saturated carbocycles. The number of aromatic nitrogens is 1. The summed E-state index contributed by atoms with van der Waals surface area (Å²) in [6, 6.07) is 2.27. The van der Waals surface area contributed by atoms with E-state index in [1.54, 1.807) is 0 Å². The summed E-state index contributed by atoms with van der Waals surface area (Å²) in [7, 11) is -1.13. The van der Waals surface area contributed by atoms with Crippen molar-refractivity contribution < 1.29 is 9.32 Å². The van der Waals surface area contributed by atoms with Crippen LogP contribution in [0.25, 0.3) is 0 Å². The van der Waals surface area contributed by atoms with E-state index in [9.17, 15) is 14.6 Å². The van der Waals surface area contributed by atoms with Crippen LogP contribution < -0.4 is 5.32 Å².